The topological polar surface area (TPSA) is 87.0 Å². The molecule has 0 saturated heterocycles. The van der Waals surface area contributed by atoms with Gasteiger partial charge in [0.25, 0.3) is 0 Å². The molecule has 1 N–H and O–H groups in total. The number of sulfone groups is 1. The van der Waals surface area contributed by atoms with Gasteiger partial charge < -0.3 is 5.32 Å². The summed E-state index contributed by atoms with van der Waals surface area (Å²) in [4.78, 5) is 11.8. The molecule has 0 aliphatic heterocycles. The number of anilines is 1. The van der Waals surface area contributed by atoms with Gasteiger partial charge in [0.05, 0.1) is 16.2 Å². The third-order valence-electron chi connectivity index (χ3n) is 3.03. The molecule has 120 valence electrons. The Balaban J connectivity index is 1.88. The zero-order chi connectivity index (χ0) is 16.9. The SMILES string of the molecule is N#Cc1ccsc1NC(=O)CCCS(=O)(=O)c1ccc(F)cc1. The van der Waals surface area contributed by atoms with Gasteiger partial charge in [-0.25, -0.2) is 12.8 Å². The van der Waals surface area contributed by atoms with E-state index in [0.29, 0.717) is 10.6 Å². The number of nitrogens with zero attached hydrogens (tertiary/aromatic N) is 1. The maximum absolute atomic E-state index is 12.8. The van der Waals surface area contributed by atoms with Gasteiger partial charge in [0.1, 0.15) is 16.9 Å². The highest BCUT2D eigenvalue weighted by Crippen LogP contribution is 2.22. The molecule has 0 saturated carbocycles. The highest BCUT2D eigenvalue weighted by molar-refractivity contribution is 7.91. The van der Waals surface area contributed by atoms with Crippen LogP contribution in [0.3, 0.4) is 0 Å². The van der Waals surface area contributed by atoms with Crippen LogP contribution < -0.4 is 5.32 Å². The fourth-order valence-corrected chi connectivity index (χ4v) is 3.93. The molecule has 0 radical (unpaired) electrons. The predicted molar refractivity (Wildman–Crippen MR) is 85.4 cm³/mol. The zero-order valence-corrected chi connectivity index (χ0v) is 13.6. The first-order valence-electron chi connectivity index (χ1n) is 6.68. The quantitative estimate of drug-likeness (QED) is 0.810. The Kier molecular flexibility index (Phi) is 5.47. The van der Waals surface area contributed by atoms with Gasteiger partial charge in [-0.2, -0.15) is 5.26 Å². The first-order valence-corrected chi connectivity index (χ1v) is 9.21. The van der Waals surface area contributed by atoms with Crippen molar-refractivity contribution in [1.82, 2.24) is 0 Å². The molecule has 1 heterocycles. The van der Waals surface area contributed by atoms with Gasteiger partial charge in [-0.05, 0) is 42.1 Å². The van der Waals surface area contributed by atoms with Crippen molar-refractivity contribution in [2.45, 2.75) is 17.7 Å². The third kappa shape index (κ3) is 4.61. The molecule has 23 heavy (non-hydrogen) atoms. The Labute approximate surface area is 137 Å². The van der Waals surface area contributed by atoms with Crippen LogP contribution in [0, 0.1) is 17.1 Å². The molecular formula is C15H13FN2O3S2. The summed E-state index contributed by atoms with van der Waals surface area (Å²) in [5.74, 6) is -1.06. The Hall–Kier alpha value is -2.24. The minimum Gasteiger partial charge on any atom is -0.317 e. The van der Waals surface area contributed by atoms with E-state index >= 15 is 0 Å². The lowest BCUT2D eigenvalue weighted by Gasteiger charge is -2.05. The van der Waals surface area contributed by atoms with Crippen molar-refractivity contribution < 1.29 is 17.6 Å². The molecule has 0 spiro atoms. The standard InChI is InChI=1S/C15H13FN2O3S2/c16-12-3-5-13(6-4-12)23(20,21)9-1-2-14(19)18-15-11(10-17)7-8-22-15/h3-8H,1-2,9H2,(H,18,19). The van der Waals surface area contributed by atoms with Crippen LogP contribution in [0.15, 0.2) is 40.6 Å². The summed E-state index contributed by atoms with van der Waals surface area (Å²) >= 11 is 1.23. The third-order valence-corrected chi connectivity index (χ3v) is 5.67. The van der Waals surface area contributed by atoms with E-state index in [2.05, 4.69) is 5.32 Å². The molecule has 1 aromatic carbocycles. The van der Waals surface area contributed by atoms with Gasteiger partial charge in [-0.15, -0.1) is 11.3 Å². The molecule has 0 aliphatic carbocycles. The van der Waals surface area contributed by atoms with E-state index in [9.17, 15) is 17.6 Å². The van der Waals surface area contributed by atoms with Crippen molar-refractivity contribution in [3.8, 4) is 6.07 Å². The average molecular weight is 352 g/mol. The molecule has 2 rings (SSSR count). The van der Waals surface area contributed by atoms with E-state index in [1.54, 1.807) is 11.4 Å². The van der Waals surface area contributed by atoms with Crippen LogP contribution in [0.2, 0.25) is 0 Å². The molecule has 0 atom stereocenters. The summed E-state index contributed by atoms with van der Waals surface area (Å²) in [5.41, 5.74) is 0.377. The highest BCUT2D eigenvalue weighted by Gasteiger charge is 2.15. The van der Waals surface area contributed by atoms with Crippen LogP contribution >= 0.6 is 11.3 Å². The van der Waals surface area contributed by atoms with Crippen molar-refractivity contribution in [3.05, 3.63) is 47.1 Å². The molecule has 0 aliphatic rings. The van der Waals surface area contributed by atoms with E-state index in [0.717, 1.165) is 12.1 Å². The van der Waals surface area contributed by atoms with Gasteiger partial charge >= 0.3 is 0 Å². The fourth-order valence-electron chi connectivity index (χ4n) is 1.87. The largest absolute Gasteiger partial charge is 0.317 e. The van der Waals surface area contributed by atoms with E-state index in [-0.39, 0.29) is 29.4 Å². The van der Waals surface area contributed by atoms with Crippen LogP contribution in [0.4, 0.5) is 9.39 Å². The fraction of sp³-hybridized carbons (Fsp3) is 0.200. The average Bonchev–Trinajstić information content (AvgIpc) is 2.94. The van der Waals surface area contributed by atoms with Gasteiger partial charge in [0.2, 0.25) is 5.91 Å². The van der Waals surface area contributed by atoms with Crippen molar-refractivity contribution in [3.63, 3.8) is 0 Å². The van der Waals surface area contributed by atoms with Crippen molar-refractivity contribution in [2.24, 2.45) is 0 Å². The lowest BCUT2D eigenvalue weighted by molar-refractivity contribution is -0.116. The maximum Gasteiger partial charge on any atom is 0.225 e. The molecule has 0 bridgehead atoms. The summed E-state index contributed by atoms with van der Waals surface area (Å²) in [6.45, 7) is 0. The van der Waals surface area contributed by atoms with Crippen molar-refractivity contribution >= 4 is 32.1 Å². The second-order valence-corrected chi connectivity index (χ2v) is 7.72. The number of hydrogen-bond acceptors (Lipinski definition) is 5. The van der Waals surface area contributed by atoms with E-state index in [4.69, 9.17) is 5.26 Å². The smallest absolute Gasteiger partial charge is 0.225 e. The number of rotatable bonds is 6. The molecule has 0 unspecified atom stereocenters. The first kappa shape index (κ1) is 17.1. The van der Waals surface area contributed by atoms with Crippen LogP contribution in [-0.2, 0) is 14.6 Å². The van der Waals surface area contributed by atoms with Crippen molar-refractivity contribution in [1.29, 1.82) is 5.26 Å². The summed E-state index contributed by atoms with van der Waals surface area (Å²) in [5, 5.41) is 13.6. The number of carbonyl (C=O) groups excluding carboxylic acids is 1. The van der Waals surface area contributed by atoms with Gasteiger partial charge in [-0.1, -0.05) is 0 Å². The summed E-state index contributed by atoms with van der Waals surface area (Å²) in [6.07, 6.45) is 0.155. The number of benzene rings is 1. The zero-order valence-electron chi connectivity index (χ0n) is 12.0. The van der Waals surface area contributed by atoms with Crippen LogP contribution in [-0.4, -0.2) is 20.1 Å². The minimum atomic E-state index is -3.54. The lowest BCUT2D eigenvalue weighted by Crippen LogP contribution is -2.14. The number of hydrogen-bond donors (Lipinski definition) is 1. The monoisotopic (exact) mass is 352 g/mol. The summed E-state index contributed by atoms with van der Waals surface area (Å²) in [7, 11) is -3.54. The second kappa shape index (κ2) is 7.35. The second-order valence-electron chi connectivity index (χ2n) is 4.70. The van der Waals surface area contributed by atoms with Gasteiger partial charge in [-0.3, -0.25) is 4.79 Å². The predicted octanol–water partition coefficient (Wildman–Crippen LogP) is 2.95. The number of nitrogens with one attached hydrogen (secondary N) is 1. The lowest BCUT2D eigenvalue weighted by atomic mass is 10.3. The highest BCUT2D eigenvalue weighted by atomic mass is 32.2. The molecule has 0 fully saturated rings. The minimum absolute atomic E-state index is 0.0171. The Morgan fingerprint density at radius 2 is 1.96 bits per heavy atom. The number of thiophene rings is 1. The summed E-state index contributed by atoms with van der Waals surface area (Å²) < 4.78 is 36.9. The number of amides is 1. The molecule has 8 heteroatoms. The molecule has 1 aromatic heterocycles. The van der Waals surface area contributed by atoms with E-state index in [1.807, 2.05) is 6.07 Å². The van der Waals surface area contributed by atoms with Gasteiger partial charge in [0.15, 0.2) is 9.84 Å². The Morgan fingerprint density at radius 1 is 1.26 bits per heavy atom. The summed E-state index contributed by atoms with van der Waals surface area (Å²) in [6, 6.07) is 8.13. The first-order chi connectivity index (χ1) is 10.9. The number of nitriles is 1. The number of carbonyl (C=O) groups is 1. The van der Waals surface area contributed by atoms with Crippen molar-refractivity contribution in [2.75, 3.05) is 11.1 Å². The molecule has 2 aromatic rings. The molecule has 1 amide bonds. The van der Waals surface area contributed by atoms with Crippen LogP contribution in [0.25, 0.3) is 0 Å². The maximum atomic E-state index is 12.8. The van der Waals surface area contributed by atoms with Gasteiger partial charge in [0, 0.05) is 6.42 Å². The van der Waals surface area contributed by atoms with E-state index in [1.165, 1.54) is 23.5 Å². The Morgan fingerprint density at radius 3 is 2.61 bits per heavy atom. The molecule has 5 nitrogen and oxygen atoms in total. The normalized spacial score (nSPS) is 11.0. The number of halogens is 1. The Bertz CT molecular complexity index is 836. The van der Waals surface area contributed by atoms with Crippen LogP contribution in [0.5, 0.6) is 0 Å². The van der Waals surface area contributed by atoms with Crippen LogP contribution in [0.1, 0.15) is 18.4 Å². The van der Waals surface area contributed by atoms with E-state index < -0.39 is 15.7 Å². The molecular weight excluding hydrogens is 339 g/mol.